The summed E-state index contributed by atoms with van der Waals surface area (Å²) in [6.45, 7) is 4.98. The Morgan fingerprint density at radius 3 is 1.64 bits per heavy atom. The third-order valence-corrected chi connectivity index (χ3v) is 15.3. The average molecular weight is 1030 g/mol. The minimum absolute atomic E-state index is 0.000158. The molecule has 4 aromatic carbocycles. The number of aromatic nitrogens is 2. The number of likely N-dealkylation sites (tertiary alicyclic amines) is 1. The van der Waals surface area contributed by atoms with Gasteiger partial charge < -0.3 is 24.3 Å². The van der Waals surface area contributed by atoms with Gasteiger partial charge in [0.15, 0.2) is 33.3 Å². The van der Waals surface area contributed by atoms with Crippen molar-refractivity contribution in [1.29, 1.82) is 0 Å². The molecule has 2 aromatic heterocycles. The summed E-state index contributed by atoms with van der Waals surface area (Å²) in [5.74, 6) is 1.39. The number of nitrogens with zero attached hydrogens (tertiary/aromatic N) is 5. The van der Waals surface area contributed by atoms with Crippen LogP contribution < -0.4 is 33.7 Å². The molecule has 3 N–H and O–H groups in total. The number of non-ortho nitro benzene ring substituents is 2. The normalized spacial score (nSPS) is 13.9. The standard InChI is InChI=1S/C23H26N4O6S2.C17H15N3O6S2.C5H11N/c1-32-19-10-9-18(14-20(19)33-2)35(30,31)25-23-24-22(16-7-6-8-17(13-16)27(28)29)21(34-23)15-26-11-4-3-5-12-26;1-25-15-7-6-13(9-16(15)26-2)28(23,24)19-17-18-14(10-27-17)11-4-3-5-12(8-11)20(21)22;1-2-4-6-5-3-1/h6-10,13-14H,3-5,11-12,15H2,1-2H3,(H,24,25);3-10H,1-2H3,(H,18,19);6H,1-5H2. The van der Waals surface area contributed by atoms with Crippen LogP contribution in [0.5, 0.6) is 23.0 Å². The number of methoxy groups -OCH3 is 4. The summed E-state index contributed by atoms with van der Waals surface area (Å²) in [7, 11) is -2.11. The van der Waals surface area contributed by atoms with Gasteiger partial charge in [0.25, 0.3) is 31.4 Å². The van der Waals surface area contributed by atoms with Crippen molar-refractivity contribution < 1.29 is 45.6 Å². The Balaban J connectivity index is 0.000000206. The molecular weight excluding hydrogens is 973 g/mol. The number of hydrogen-bond donors (Lipinski definition) is 3. The fourth-order valence-electron chi connectivity index (χ4n) is 7.16. The van der Waals surface area contributed by atoms with Crippen molar-refractivity contribution in [3.63, 3.8) is 0 Å². The SMILES string of the molecule is C1CCNCC1.COc1ccc(S(=O)(=O)Nc2nc(-c3cccc([N+](=O)[O-])c3)c(CN3CCCCC3)s2)cc1OC.COc1ccc(S(=O)(=O)Nc2nc(-c3cccc([N+](=O)[O-])c3)cs2)cc1OC. The van der Waals surface area contributed by atoms with E-state index in [1.807, 2.05) is 0 Å². The van der Waals surface area contributed by atoms with Crippen LogP contribution in [0, 0.1) is 20.2 Å². The molecule has 0 amide bonds. The number of rotatable bonds is 16. The topological polar surface area (TPSA) is 257 Å². The molecule has 20 nitrogen and oxygen atoms in total. The Hall–Kier alpha value is -6.44. The zero-order valence-electron chi connectivity index (χ0n) is 38.2. The smallest absolute Gasteiger partial charge is 0.270 e. The van der Waals surface area contributed by atoms with Gasteiger partial charge in [-0.15, -0.1) is 11.3 Å². The molecule has 2 aliphatic heterocycles. The summed E-state index contributed by atoms with van der Waals surface area (Å²) in [6, 6.07) is 20.7. The number of benzene rings is 4. The van der Waals surface area contributed by atoms with Crippen molar-refractivity contribution in [2.24, 2.45) is 0 Å². The molecule has 24 heteroatoms. The highest BCUT2D eigenvalue weighted by molar-refractivity contribution is 7.93. The van der Waals surface area contributed by atoms with Crippen molar-refractivity contribution in [2.45, 2.75) is 54.9 Å². The van der Waals surface area contributed by atoms with Crippen LogP contribution in [0.2, 0.25) is 0 Å². The third-order valence-electron chi connectivity index (χ3n) is 10.7. The molecule has 6 aromatic rings. The molecule has 2 aliphatic rings. The van der Waals surface area contributed by atoms with E-state index in [1.165, 1.54) is 139 Å². The highest BCUT2D eigenvalue weighted by Gasteiger charge is 2.24. The van der Waals surface area contributed by atoms with Gasteiger partial charge in [-0.25, -0.2) is 26.8 Å². The first-order valence-electron chi connectivity index (χ1n) is 21.5. The molecule has 0 saturated carbocycles. The molecular formula is C45H52N8O12S4. The number of nitro benzene ring substituents is 2. The maximum absolute atomic E-state index is 13.1. The predicted octanol–water partition coefficient (Wildman–Crippen LogP) is 8.82. The van der Waals surface area contributed by atoms with Gasteiger partial charge in [-0.3, -0.25) is 34.6 Å². The average Bonchev–Trinajstić information content (AvgIpc) is 4.00. The van der Waals surface area contributed by atoms with Crippen molar-refractivity contribution >= 4 is 64.4 Å². The van der Waals surface area contributed by atoms with Crippen molar-refractivity contribution in [2.75, 3.05) is 64.1 Å². The Morgan fingerprint density at radius 2 is 1.14 bits per heavy atom. The van der Waals surface area contributed by atoms with Gasteiger partial charge in [-0.2, -0.15) is 0 Å². The predicted molar refractivity (Wildman–Crippen MR) is 265 cm³/mol. The number of nitrogens with one attached hydrogen (secondary N) is 3. The van der Waals surface area contributed by atoms with Crippen LogP contribution in [0.25, 0.3) is 22.5 Å². The van der Waals surface area contributed by atoms with E-state index in [9.17, 15) is 37.1 Å². The van der Waals surface area contributed by atoms with E-state index in [2.05, 4.69) is 29.6 Å². The highest BCUT2D eigenvalue weighted by atomic mass is 32.2. The van der Waals surface area contributed by atoms with Crippen LogP contribution in [0.4, 0.5) is 21.6 Å². The molecule has 69 heavy (non-hydrogen) atoms. The van der Waals surface area contributed by atoms with Gasteiger partial charge in [0.1, 0.15) is 0 Å². The fourth-order valence-corrected chi connectivity index (χ4v) is 11.4. The summed E-state index contributed by atoms with van der Waals surface area (Å²) < 4.78 is 77.1. The Morgan fingerprint density at radius 1 is 0.638 bits per heavy atom. The van der Waals surface area contributed by atoms with E-state index in [-0.39, 0.29) is 42.9 Å². The zero-order chi connectivity index (χ0) is 49.6. The lowest BCUT2D eigenvalue weighted by molar-refractivity contribution is -0.385. The van der Waals surface area contributed by atoms with Gasteiger partial charge in [-0.1, -0.05) is 48.4 Å². The minimum atomic E-state index is -3.97. The van der Waals surface area contributed by atoms with E-state index < -0.39 is 29.9 Å². The first-order chi connectivity index (χ1) is 33.1. The van der Waals surface area contributed by atoms with Crippen LogP contribution in [0.1, 0.15) is 43.4 Å². The van der Waals surface area contributed by atoms with Gasteiger partial charge in [-0.05, 0) is 76.1 Å². The van der Waals surface area contributed by atoms with E-state index >= 15 is 0 Å². The van der Waals surface area contributed by atoms with E-state index in [4.69, 9.17) is 18.9 Å². The molecule has 4 heterocycles. The summed E-state index contributed by atoms with van der Waals surface area (Å²) in [5, 5.41) is 27.4. The first kappa shape index (κ1) is 51.9. The Bertz CT molecular complexity index is 2930. The minimum Gasteiger partial charge on any atom is -0.493 e. The summed E-state index contributed by atoms with van der Waals surface area (Å²) in [6.07, 6.45) is 7.60. The summed E-state index contributed by atoms with van der Waals surface area (Å²) in [4.78, 5) is 33.1. The lowest BCUT2D eigenvalue weighted by Gasteiger charge is -2.26. The molecule has 0 atom stereocenters. The monoisotopic (exact) mass is 1020 g/mol. The largest absolute Gasteiger partial charge is 0.493 e. The number of piperidine rings is 2. The number of ether oxygens (including phenoxy) is 4. The van der Waals surface area contributed by atoms with E-state index in [0.29, 0.717) is 40.6 Å². The van der Waals surface area contributed by atoms with Gasteiger partial charge in [0, 0.05) is 64.3 Å². The summed E-state index contributed by atoms with van der Waals surface area (Å²) >= 11 is 2.30. The number of thiazole rings is 2. The Kier molecular flexibility index (Phi) is 18.2. The zero-order valence-corrected chi connectivity index (χ0v) is 41.5. The third kappa shape index (κ3) is 14.1. The van der Waals surface area contributed by atoms with Crippen molar-refractivity contribution in [3.8, 4) is 45.5 Å². The number of nitro groups is 2. The van der Waals surface area contributed by atoms with Crippen LogP contribution >= 0.6 is 22.7 Å². The molecule has 0 spiro atoms. The molecule has 0 unspecified atom stereocenters. The fraction of sp³-hybridized carbons (Fsp3) is 0.333. The maximum Gasteiger partial charge on any atom is 0.270 e. The lowest BCUT2D eigenvalue weighted by Crippen LogP contribution is -2.28. The van der Waals surface area contributed by atoms with E-state index in [0.717, 1.165) is 42.1 Å². The van der Waals surface area contributed by atoms with Crippen LogP contribution in [-0.4, -0.2) is 96.2 Å². The van der Waals surface area contributed by atoms with Gasteiger partial charge in [0.05, 0.1) is 59.5 Å². The van der Waals surface area contributed by atoms with Crippen LogP contribution in [-0.2, 0) is 26.6 Å². The molecule has 0 aliphatic carbocycles. The second-order valence-electron chi connectivity index (χ2n) is 15.3. The van der Waals surface area contributed by atoms with E-state index in [1.54, 1.807) is 29.6 Å². The second kappa shape index (κ2) is 24.2. The van der Waals surface area contributed by atoms with Gasteiger partial charge >= 0.3 is 0 Å². The lowest BCUT2D eigenvalue weighted by atomic mass is 10.1. The quantitative estimate of drug-likeness (QED) is 0.0604. The number of hydrogen-bond acceptors (Lipinski definition) is 18. The Labute approximate surface area is 408 Å². The number of sulfonamides is 2. The van der Waals surface area contributed by atoms with Gasteiger partial charge in [0.2, 0.25) is 0 Å². The molecule has 0 bridgehead atoms. The first-order valence-corrected chi connectivity index (χ1v) is 26.2. The van der Waals surface area contributed by atoms with Crippen molar-refractivity contribution in [1.82, 2.24) is 20.2 Å². The molecule has 368 valence electrons. The molecule has 2 saturated heterocycles. The molecule has 0 radical (unpaired) electrons. The highest BCUT2D eigenvalue weighted by Crippen LogP contribution is 2.37. The maximum atomic E-state index is 13.1. The molecule has 2 fully saturated rings. The second-order valence-corrected chi connectivity index (χ2v) is 20.6. The van der Waals surface area contributed by atoms with Crippen molar-refractivity contribution in [3.05, 3.63) is 115 Å². The van der Waals surface area contributed by atoms with Crippen LogP contribution in [0.3, 0.4) is 0 Å². The van der Waals surface area contributed by atoms with Crippen LogP contribution in [0.15, 0.2) is 100 Å². The molecule has 8 rings (SSSR count). The number of anilines is 2. The summed E-state index contributed by atoms with van der Waals surface area (Å²) in [5.41, 5.74) is 1.93.